The van der Waals surface area contributed by atoms with Crippen LogP contribution in [0.4, 0.5) is 17.6 Å². The van der Waals surface area contributed by atoms with Crippen molar-refractivity contribution in [1.29, 1.82) is 0 Å². The topological polar surface area (TPSA) is 106 Å². The van der Waals surface area contributed by atoms with Gasteiger partial charge in [0, 0.05) is 12.0 Å². The fourth-order valence-electron chi connectivity index (χ4n) is 6.39. The van der Waals surface area contributed by atoms with Crippen LogP contribution < -0.4 is 10.6 Å². The zero-order chi connectivity index (χ0) is 27.6. The van der Waals surface area contributed by atoms with Gasteiger partial charge in [0.25, 0.3) is 0 Å². The van der Waals surface area contributed by atoms with E-state index in [1.165, 1.54) is 0 Å². The van der Waals surface area contributed by atoms with Crippen molar-refractivity contribution in [3.05, 3.63) is 0 Å². The molecule has 5 saturated carbocycles. The van der Waals surface area contributed by atoms with E-state index in [4.69, 9.17) is 21.1 Å². The monoisotopic (exact) mass is 572 g/mol. The van der Waals surface area contributed by atoms with Crippen molar-refractivity contribution in [2.24, 2.45) is 0 Å². The number of alkyl halides is 5. The lowest BCUT2D eigenvalue weighted by Crippen LogP contribution is -2.70. The second-order valence-electron chi connectivity index (χ2n) is 11.3. The second-order valence-corrected chi connectivity index (χ2v) is 11.9. The number of nitrogens with one attached hydrogen (secondary N) is 2. The van der Waals surface area contributed by atoms with Gasteiger partial charge >= 0.3 is 6.36 Å². The average molecular weight is 573 g/mol. The Morgan fingerprint density at radius 3 is 2.00 bits per heavy atom. The Bertz CT molecular complexity index is 833. The second kappa shape index (κ2) is 12.1. The molecule has 0 radical (unpaired) electrons. The largest absolute Gasteiger partial charge is 0.522 e. The van der Waals surface area contributed by atoms with Crippen LogP contribution >= 0.6 is 11.6 Å². The van der Waals surface area contributed by atoms with Crippen LogP contribution in [0, 0.1) is 0 Å². The zero-order valence-corrected chi connectivity index (χ0v) is 22.0. The summed E-state index contributed by atoms with van der Waals surface area (Å²) < 4.78 is 66.2. The molecule has 0 spiro atoms. The molecule has 2 bridgehead atoms. The molecule has 0 aromatic carbocycles. The first-order valence-corrected chi connectivity index (χ1v) is 13.9. The van der Waals surface area contributed by atoms with Crippen LogP contribution in [0.25, 0.3) is 0 Å². The maximum Gasteiger partial charge on any atom is 0.522 e. The first-order valence-electron chi connectivity index (χ1n) is 13.4. The summed E-state index contributed by atoms with van der Waals surface area (Å²) in [6.45, 7) is -0.430. The van der Waals surface area contributed by atoms with Crippen molar-refractivity contribution >= 4 is 23.4 Å². The number of carbonyl (C=O) groups excluding carboxylic acids is 2. The Labute approximate surface area is 224 Å². The van der Waals surface area contributed by atoms with E-state index in [-0.39, 0.29) is 62.9 Å². The van der Waals surface area contributed by atoms with Crippen molar-refractivity contribution < 1.29 is 46.5 Å². The van der Waals surface area contributed by atoms with E-state index in [1.54, 1.807) is 0 Å². The molecule has 2 amide bonds. The van der Waals surface area contributed by atoms with Gasteiger partial charge in [-0.3, -0.25) is 14.3 Å². The van der Waals surface area contributed by atoms with Gasteiger partial charge in [-0.05, 0) is 70.6 Å². The summed E-state index contributed by atoms with van der Waals surface area (Å²) in [6, 6.07) is 0. The van der Waals surface area contributed by atoms with Crippen LogP contribution in [-0.2, 0) is 23.8 Å². The molecule has 0 aromatic rings. The molecule has 0 saturated heterocycles. The number of aliphatic hydroxyl groups is 1. The molecule has 5 aliphatic carbocycles. The van der Waals surface area contributed by atoms with Gasteiger partial charge in [-0.2, -0.15) is 0 Å². The van der Waals surface area contributed by atoms with Gasteiger partial charge in [-0.25, -0.2) is 4.39 Å². The van der Waals surface area contributed by atoms with Crippen molar-refractivity contribution in [1.82, 2.24) is 10.6 Å². The van der Waals surface area contributed by atoms with Gasteiger partial charge in [0.1, 0.15) is 19.4 Å². The van der Waals surface area contributed by atoms with E-state index >= 15 is 0 Å². The van der Waals surface area contributed by atoms with Gasteiger partial charge in [-0.15, -0.1) is 24.8 Å². The van der Waals surface area contributed by atoms with E-state index in [1.807, 2.05) is 0 Å². The molecule has 0 heterocycles. The normalized spacial score (nSPS) is 39.5. The summed E-state index contributed by atoms with van der Waals surface area (Å²) in [5, 5.41) is 16.3. The minimum absolute atomic E-state index is 0.162. The van der Waals surface area contributed by atoms with Crippen LogP contribution in [0.15, 0.2) is 0 Å². The van der Waals surface area contributed by atoms with Crippen LogP contribution in [-0.4, -0.2) is 83.5 Å². The predicted molar refractivity (Wildman–Crippen MR) is 128 cm³/mol. The summed E-state index contributed by atoms with van der Waals surface area (Å²) in [4.78, 5) is 25.2. The molecule has 5 aliphatic rings. The number of aliphatic hydroxyl groups excluding tert-OH is 1. The molecule has 8 nitrogen and oxygen atoms in total. The highest BCUT2D eigenvalue weighted by Crippen LogP contribution is 2.47. The van der Waals surface area contributed by atoms with Crippen molar-refractivity contribution in [2.45, 2.75) is 130 Å². The number of ether oxygens (including phenoxy) is 3. The lowest BCUT2D eigenvalue weighted by molar-refractivity contribution is -0.346. The Morgan fingerprint density at radius 2 is 1.42 bits per heavy atom. The number of hydrogen-bond acceptors (Lipinski definition) is 6. The number of rotatable bonds is 9. The van der Waals surface area contributed by atoms with Gasteiger partial charge in [0.15, 0.2) is 0 Å². The van der Waals surface area contributed by atoms with E-state index in [0.717, 1.165) is 0 Å². The Morgan fingerprint density at radius 1 is 0.868 bits per heavy atom. The third-order valence-corrected chi connectivity index (χ3v) is 9.07. The highest BCUT2D eigenvalue weighted by atomic mass is 35.5. The van der Waals surface area contributed by atoms with Crippen LogP contribution in [0.5, 0.6) is 0 Å². The molecule has 218 valence electrons. The minimum atomic E-state index is -4.65. The molecular formula is C25H37ClF4N2O6. The number of hydrogen-bond donors (Lipinski definition) is 3. The first-order chi connectivity index (χ1) is 17.9. The van der Waals surface area contributed by atoms with Gasteiger partial charge in [0.05, 0.1) is 35.3 Å². The predicted octanol–water partition coefficient (Wildman–Crippen LogP) is 3.41. The van der Waals surface area contributed by atoms with Gasteiger partial charge in [-0.1, -0.05) is 0 Å². The SMILES string of the molecule is O=C(COC1CCC(OC(F)(F)F)CC1)NC12CCC(NC(=O)COC3CCC(Cl)C(F)C3)(CC1)[C@@H](O)C2. The summed E-state index contributed by atoms with van der Waals surface area (Å²) in [7, 11) is 0. The first kappa shape index (κ1) is 29.8. The molecule has 0 aromatic heterocycles. The average Bonchev–Trinajstić information content (AvgIpc) is 2.84. The third kappa shape index (κ3) is 7.71. The Hall–Kier alpha value is -1.21. The highest BCUT2D eigenvalue weighted by Gasteiger charge is 2.55. The molecule has 5 rings (SSSR count). The summed E-state index contributed by atoms with van der Waals surface area (Å²) >= 11 is 5.89. The number of fused-ring (bicyclic) bond motifs is 3. The van der Waals surface area contributed by atoms with E-state index < -0.39 is 41.2 Å². The number of halogens is 5. The maximum atomic E-state index is 13.8. The lowest BCUT2D eigenvalue weighted by Gasteiger charge is -2.56. The molecule has 3 unspecified atom stereocenters. The maximum absolute atomic E-state index is 13.8. The van der Waals surface area contributed by atoms with Crippen LogP contribution in [0.2, 0.25) is 0 Å². The fourth-order valence-corrected chi connectivity index (χ4v) is 6.62. The van der Waals surface area contributed by atoms with Crippen LogP contribution in [0.3, 0.4) is 0 Å². The smallest absolute Gasteiger partial charge is 0.391 e. The lowest BCUT2D eigenvalue weighted by atomic mass is 9.60. The molecular weight excluding hydrogens is 536 g/mol. The molecule has 13 heteroatoms. The number of amides is 2. The van der Waals surface area contributed by atoms with Crippen molar-refractivity contribution in [3.8, 4) is 0 Å². The van der Waals surface area contributed by atoms with Gasteiger partial charge < -0.3 is 25.2 Å². The number of carbonyl (C=O) groups is 2. The van der Waals surface area contributed by atoms with E-state index in [9.17, 15) is 32.3 Å². The van der Waals surface area contributed by atoms with E-state index in [0.29, 0.717) is 51.4 Å². The fraction of sp³-hybridized carbons (Fsp3) is 0.920. The molecule has 4 atom stereocenters. The van der Waals surface area contributed by atoms with Gasteiger partial charge in [0.2, 0.25) is 11.8 Å². The molecule has 5 fully saturated rings. The third-order valence-electron chi connectivity index (χ3n) is 8.58. The summed E-state index contributed by atoms with van der Waals surface area (Å²) in [5.41, 5.74) is -1.39. The van der Waals surface area contributed by atoms with Crippen molar-refractivity contribution in [3.63, 3.8) is 0 Å². The Balaban J connectivity index is 1.17. The standard InChI is InChI=1S/C25H37ClF4N2O6/c26-18-6-5-17(11-19(18)27)37-14-22(35)32-24-9-7-23(8-10-24,12-20(24)33)31-21(34)13-36-15-1-3-16(4-2-15)38-25(28,29)30/h15-20,33H,1-14H2,(H,31,34)(H,32,35)/t15?,16?,17?,18?,19?,20-,23?,24?/m0/s1. The molecule has 3 N–H and O–H groups in total. The Kier molecular flexibility index (Phi) is 9.49. The molecule has 38 heavy (non-hydrogen) atoms. The highest BCUT2D eigenvalue weighted by molar-refractivity contribution is 6.21. The zero-order valence-electron chi connectivity index (χ0n) is 21.2. The minimum Gasteiger partial charge on any atom is -0.391 e. The van der Waals surface area contributed by atoms with Crippen LogP contribution in [0.1, 0.15) is 77.0 Å². The van der Waals surface area contributed by atoms with E-state index in [2.05, 4.69) is 15.4 Å². The summed E-state index contributed by atoms with van der Waals surface area (Å²) in [5.74, 6) is -0.704. The summed E-state index contributed by atoms with van der Waals surface area (Å²) in [6.07, 6.45) is -3.40. The van der Waals surface area contributed by atoms with Crippen molar-refractivity contribution in [2.75, 3.05) is 13.2 Å². The molecule has 0 aliphatic heterocycles. The quantitative estimate of drug-likeness (QED) is 0.289.